The molecule has 0 aromatic carbocycles. The SMILES string of the molecule is CN(Cc1cscn1)C(=O)[C@@H]1CCCNC1.Cl.Cl. The summed E-state index contributed by atoms with van der Waals surface area (Å²) in [7, 11) is 1.86. The molecule has 4 nitrogen and oxygen atoms in total. The number of carbonyl (C=O) groups is 1. The molecule has 0 bridgehead atoms. The largest absolute Gasteiger partial charge is 0.340 e. The van der Waals surface area contributed by atoms with Crippen LogP contribution in [-0.4, -0.2) is 35.9 Å². The molecule has 1 aliphatic heterocycles. The molecule has 104 valence electrons. The molecular weight excluding hydrogens is 293 g/mol. The molecule has 18 heavy (non-hydrogen) atoms. The van der Waals surface area contributed by atoms with Crippen LogP contribution in [0.3, 0.4) is 0 Å². The number of hydrogen-bond donors (Lipinski definition) is 1. The Morgan fingerprint density at radius 1 is 1.61 bits per heavy atom. The summed E-state index contributed by atoms with van der Waals surface area (Å²) in [6, 6.07) is 0. The summed E-state index contributed by atoms with van der Waals surface area (Å²) in [5.41, 5.74) is 2.78. The highest BCUT2D eigenvalue weighted by Crippen LogP contribution is 2.14. The summed E-state index contributed by atoms with van der Waals surface area (Å²) in [6.07, 6.45) is 2.11. The van der Waals surface area contributed by atoms with Crippen molar-refractivity contribution in [1.82, 2.24) is 15.2 Å². The summed E-state index contributed by atoms with van der Waals surface area (Å²) < 4.78 is 0. The standard InChI is InChI=1S/C11H17N3OS.2ClH/c1-14(6-10-7-16-8-13-10)11(15)9-3-2-4-12-5-9;;/h7-9,12H,2-6H2,1H3;2*1H/t9-;;/m1../s1. The lowest BCUT2D eigenvalue weighted by Gasteiger charge is -2.26. The molecule has 1 fully saturated rings. The normalized spacial score (nSPS) is 18.4. The predicted molar refractivity (Wildman–Crippen MR) is 78.7 cm³/mol. The van der Waals surface area contributed by atoms with Crippen LogP contribution in [0.2, 0.25) is 0 Å². The second-order valence-electron chi connectivity index (χ2n) is 4.22. The first kappa shape index (κ1) is 17.6. The zero-order chi connectivity index (χ0) is 11.4. The van der Waals surface area contributed by atoms with Gasteiger partial charge in [-0.15, -0.1) is 36.2 Å². The summed E-state index contributed by atoms with van der Waals surface area (Å²) in [4.78, 5) is 18.1. The van der Waals surface area contributed by atoms with Crippen molar-refractivity contribution in [3.8, 4) is 0 Å². The lowest BCUT2D eigenvalue weighted by Crippen LogP contribution is -2.41. The molecule has 2 rings (SSSR count). The number of thiazole rings is 1. The zero-order valence-electron chi connectivity index (χ0n) is 10.3. The van der Waals surface area contributed by atoms with Crippen molar-refractivity contribution in [3.63, 3.8) is 0 Å². The number of nitrogens with zero attached hydrogens (tertiary/aromatic N) is 2. The second-order valence-corrected chi connectivity index (χ2v) is 4.94. The van der Waals surface area contributed by atoms with Gasteiger partial charge in [0.1, 0.15) is 0 Å². The molecule has 7 heteroatoms. The Kier molecular flexibility index (Phi) is 8.52. The van der Waals surface area contributed by atoms with Crippen molar-refractivity contribution in [2.75, 3.05) is 20.1 Å². The number of carbonyl (C=O) groups excluding carboxylic acids is 1. The molecule has 0 spiro atoms. The van der Waals surface area contributed by atoms with Crippen molar-refractivity contribution in [3.05, 3.63) is 16.6 Å². The van der Waals surface area contributed by atoms with Crippen molar-refractivity contribution in [2.24, 2.45) is 5.92 Å². The molecule has 1 aromatic heterocycles. The molecular formula is C11H19Cl2N3OS. The minimum atomic E-state index is 0. The highest BCUT2D eigenvalue weighted by Gasteiger charge is 2.23. The van der Waals surface area contributed by atoms with Gasteiger partial charge < -0.3 is 10.2 Å². The fourth-order valence-corrected chi connectivity index (χ4v) is 2.56. The first-order valence-electron chi connectivity index (χ1n) is 5.60. The maximum Gasteiger partial charge on any atom is 0.227 e. The van der Waals surface area contributed by atoms with Gasteiger partial charge in [-0.05, 0) is 19.4 Å². The average molecular weight is 312 g/mol. The number of halogens is 2. The first-order valence-corrected chi connectivity index (χ1v) is 6.54. The fraction of sp³-hybridized carbons (Fsp3) is 0.636. The molecule has 0 radical (unpaired) electrons. The van der Waals surface area contributed by atoms with Gasteiger partial charge in [-0.2, -0.15) is 0 Å². The Balaban J connectivity index is 0.00000144. The minimum Gasteiger partial charge on any atom is -0.340 e. The Labute approximate surface area is 124 Å². The van der Waals surface area contributed by atoms with Gasteiger partial charge in [-0.25, -0.2) is 4.98 Å². The molecule has 1 saturated heterocycles. The van der Waals surface area contributed by atoms with Gasteiger partial charge in [-0.3, -0.25) is 4.79 Å². The fourth-order valence-electron chi connectivity index (χ4n) is 2.01. The summed E-state index contributed by atoms with van der Waals surface area (Å²) in [5.74, 6) is 0.387. The van der Waals surface area contributed by atoms with E-state index in [9.17, 15) is 4.79 Å². The molecule has 0 unspecified atom stereocenters. The van der Waals surface area contributed by atoms with E-state index in [1.54, 1.807) is 21.7 Å². The van der Waals surface area contributed by atoms with Gasteiger partial charge in [0.15, 0.2) is 0 Å². The molecule has 1 N–H and O–H groups in total. The number of hydrogen-bond acceptors (Lipinski definition) is 4. The number of amides is 1. The molecule has 0 aliphatic carbocycles. The molecule has 0 saturated carbocycles. The van der Waals surface area contributed by atoms with Gasteiger partial charge in [0.25, 0.3) is 0 Å². The van der Waals surface area contributed by atoms with Crippen LogP contribution in [0.15, 0.2) is 10.9 Å². The predicted octanol–water partition coefficient (Wildman–Crippen LogP) is 1.94. The summed E-state index contributed by atoms with van der Waals surface area (Å²) >= 11 is 1.57. The summed E-state index contributed by atoms with van der Waals surface area (Å²) in [6.45, 7) is 2.48. The van der Waals surface area contributed by atoms with E-state index in [1.807, 2.05) is 12.4 Å². The van der Waals surface area contributed by atoms with E-state index >= 15 is 0 Å². The maximum absolute atomic E-state index is 12.1. The summed E-state index contributed by atoms with van der Waals surface area (Å²) in [5, 5.41) is 5.26. The van der Waals surface area contributed by atoms with Gasteiger partial charge in [-0.1, -0.05) is 0 Å². The second kappa shape index (κ2) is 8.69. The van der Waals surface area contributed by atoms with Crippen LogP contribution in [0.4, 0.5) is 0 Å². The molecule has 1 atom stereocenters. The maximum atomic E-state index is 12.1. The molecule has 1 aliphatic rings. The Hall–Kier alpha value is -0.360. The van der Waals surface area contributed by atoms with Crippen LogP contribution >= 0.6 is 36.2 Å². The molecule has 1 amide bonds. The van der Waals surface area contributed by atoms with Crippen molar-refractivity contribution >= 4 is 42.1 Å². The van der Waals surface area contributed by atoms with Gasteiger partial charge in [0.05, 0.1) is 23.7 Å². The van der Waals surface area contributed by atoms with E-state index in [2.05, 4.69) is 10.3 Å². The zero-order valence-corrected chi connectivity index (χ0v) is 12.7. The third kappa shape index (κ3) is 4.72. The Bertz CT molecular complexity index is 342. The Morgan fingerprint density at radius 3 is 2.94 bits per heavy atom. The topological polar surface area (TPSA) is 45.2 Å². The van der Waals surface area contributed by atoms with Crippen LogP contribution in [0, 0.1) is 5.92 Å². The lowest BCUT2D eigenvalue weighted by molar-refractivity contribution is -0.135. The van der Waals surface area contributed by atoms with Gasteiger partial charge in [0, 0.05) is 19.0 Å². The minimum absolute atomic E-state index is 0. The van der Waals surface area contributed by atoms with Crippen LogP contribution in [-0.2, 0) is 11.3 Å². The van der Waals surface area contributed by atoms with Crippen LogP contribution in [0.25, 0.3) is 0 Å². The van der Waals surface area contributed by atoms with E-state index < -0.39 is 0 Å². The van der Waals surface area contributed by atoms with Crippen molar-refractivity contribution < 1.29 is 4.79 Å². The van der Waals surface area contributed by atoms with E-state index in [0.29, 0.717) is 6.54 Å². The monoisotopic (exact) mass is 311 g/mol. The number of nitrogens with one attached hydrogen (secondary N) is 1. The average Bonchev–Trinajstić information content (AvgIpc) is 2.82. The highest BCUT2D eigenvalue weighted by molar-refractivity contribution is 7.07. The lowest BCUT2D eigenvalue weighted by atomic mass is 9.98. The van der Waals surface area contributed by atoms with Crippen molar-refractivity contribution in [2.45, 2.75) is 19.4 Å². The van der Waals surface area contributed by atoms with E-state index in [0.717, 1.165) is 31.6 Å². The van der Waals surface area contributed by atoms with Gasteiger partial charge >= 0.3 is 0 Å². The Morgan fingerprint density at radius 2 is 2.39 bits per heavy atom. The van der Waals surface area contributed by atoms with Crippen molar-refractivity contribution in [1.29, 1.82) is 0 Å². The number of piperidine rings is 1. The number of rotatable bonds is 3. The molecule has 1 aromatic rings. The van der Waals surface area contributed by atoms with Crippen LogP contribution in [0.1, 0.15) is 18.5 Å². The quantitative estimate of drug-likeness (QED) is 0.928. The molecule has 2 heterocycles. The van der Waals surface area contributed by atoms with Crippen LogP contribution in [0.5, 0.6) is 0 Å². The van der Waals surface area contributed by atoms with E-state index in [-0.39, 0.29) is 36.6 Å². The van der Waals surface area contributed by atoms with Gasteiger partial charge in [0.2, 0.25) is 5.91 Å². The van der Waals surface area contributed by atoms with E-state index in [4.69, 9.17) is 0 Å². The van der Waals surface area contributed by atoms with Crippen LogP contribution < -0.4 is 5.32 Å². The van der Waals surface area contributed by atoms with E-state index in [1.165, 1.54) is 0 Å². The number of aromatic nitrogens is 1. The third-order valence-corrected chi connectivity index (χ3v) is 3.54. The highest BCUT2D eigenvalue weighted by atomic mass is 35.5. The smallest absolute Gasteiger partial charge is 0.227 e. The third-order valence-electron chi connectivity index (χ3n) is 2.90. The first-order chi connectivity index (χ1) is 7.77.